The summed E-state index contributed by atoms with van der Waals surface area (Å²) in [5, 5.41) is 15.5. The van der Waals surface area contributed by atoms with Crippen molar-refractivity contribution in [2.24, 2.45) is 0 Å². The number of rotatable bonds is 0. The molecule has 0 aromatic heterocycles. The number of aliphatic carboxylic acids is 1. The molecule has 5 nitrogen and oxygen atoms in total. The van der Waals surface area contributed by atoms with E-state index in [0.29, 0.717) is 0 Å². The van der Waals surface area contributed by atoms with Crippen molar-refractivity contribution < 1.29 is 47.7 Å². The standard InChI is InChI=1S/C3H8O.C2H4O2.2H2O.Ti/c1-3(2)4;1-2(3)4;;;/h3-4H,1-2H3;1H3,(H,3,4);2*1H2;/p-2. The summed E-state index contributed by atoms with van der Waals surface area (Å²) in [4.78, 5) is 9.00. The summed E-state index contributed by atoms with van der Waals surface area (Å²) in [6.07, 6.45) is -0.167. The number of aliphatic hydroxyl groups excluding tert-OH is 1. The van der Waals surface area contributed by atoms with Crippen molar-refractivity contribution in [1.82, 2.24) is 0 Å². The second-order valence-corrected chi connectivity index (χ2v) is 1.61. The molecule has 0 aliphatic carbocycles. The molecule has 0 saturated heterocycles. The first-order valence-electron chi connectivity index (χ1n) is 2.34. The minimum atomic E-state index is -0.833. The fourth-order valence-corrected chi connectivity index (χ4v) is 0. The van der Waals surface area contributed by atoms with Gasteiger partial charge in [-0.3, -0.25) is 4.79 Å². The van der Waals surface area contributed by atoms with Gasteiger partial charge in [0.15, 0.2) is 0 Å². The predicted molar refractivity (Wildman–Crippen MR) is 34.5 cm³/mol. The Morgan fingerprint density at radius 1 is 1.27 bits per heavy atom. The fourth-order valence-electron chi connectivity index (χ4n) is 0. The van der Waals surface area contributed by atoms with Crippen molar-refractivity contribution in [1.29, 1.82) is 0 Å². The van der Waals surface area contributed by atoms with E-state index in [1.807, 2.05) is 0 Å². The molecular formula is C5H14O5Ti-2. The van der Waals surface area contributed by atoms with Gasteiger partial charge in [-0.2, -0.15) is 0 Å². The van der Waals surface area contributed by atoms with E-state index in [4.69, 9.17) is 15.0 Å². The van der Waals surface area contributed by atoms with Gasteiger partial charge in [-0.05, 0) is 13.8 Å². The van der Waals surface area contributed by atoms with Crippen LogP contribution in [0.4, 0.5) is 0 Å². The number of carboxylic acids is 1. The SMILES string of the molecule is CC(=O)O.CC(C)O.[OH-].[OH-].[Ti]. The molecule has 11 heavy (non-hydrogen) atoms. The smallest absolute Gasteiger partial charge is 0.300 e. The molecule has 0 atom stereocenters. The predicted octanol–water partition coefficient (Wildman–Crippen LogP) is 0.122. The molecule has 0 aromatic carbocycles. The van der Waals surface area contributed by atoms with Gasteiger partial charge in [0, 0.05) is 34.7 Å². The Balaban J connectivity index is -0.0000000171. The van der Waals surface area contributed by atoms with E-state index in [2.05, 4.69) is 0 Å². The summed E-state index contributed by atoms with van der Waals surface area (Å²) in [7, 11) is 0. The Morgan fingerprint density at radius 3 is 1.27 bits per heavy atom. The van der Waals surface area contributed by atoms with Crippen LogP contribution in [0.5, 0.6) is 0 Å². The van der Waals surface area contributed by atoms with Crippen LogP contribution >= 0.6 is 0 Å². The largest absolute Gasteiger partial charge is 0.870 e. The third kappa shape index (κ3) is 158000. The van der Waals surface area contributed by atoms with Crippen LogP contribution in [0.2, 0.25) is 0 Å². The molecule has 0 unspecified atom stereocenters. The molecule has 0 radical (unpaired) electrons. The first-order valence-corrected chi connectivity index (χ1v) is 2.34. The zero-order valence-electron chi connectivity index (χ0n) is 6.77. The second kappa shape index (κ2) is 22.5. The van der Waals surface area contributed by atoms with Crippen LogP contribution in [0, 0.1) is 0 Å². The quantitative estimate of drug-likeness (QED) is 0.541. The van der Waals surface area contributed by atoms with Crippen molar-refractivity contribution >= 4 is 5.97 Å². The van der Waals surface area contributed by atoms with E-state index in [0.717, 1.165) is 6.92 Å². The van der Waals surface area contributed by atoms with Crippen LogP contribution < -0.4 is 0 Å². The van der Waals surface area contributed by atoms with E-state index in [9.17, 15) is 0 Å². The summed E-state index contributed by atoms with van der Waals surface area (Å²) < 4.78 is 0. The zero-order valence-corrected chi connectivity index (χ0v) is 8.34. The van der Waals surface area contributed by atoms with Crippen molar-refractivity contribution in [3.05, 3.63) is 0 Å². The van der Waals surface area contributed by atoms with Gasteiger partial charge >= 0.3 is 0 Å². The number of hydrogen-bond donors (Lipinski definition) is 2. The summed E-state index contributed by atoms with van der Waals surface area (Å²) in [6, 6.07) is 0. The summed E-state index contributed by atoms with van der Waals surface area (Å²) in [5.74, 6) is -0.833. The van der Waals surface area contributed by atoms with Gasteiger partial charge in [-0.1, -0.05) is 0 Å². The van der Waals surface area contributed by atoms with Crippen LogP contribution in [-0.4, -0.2) is 33.2 Å². The van der Waals surface area contributed by atoms with Crippen molar-refractivity contribution in [2.45, 2.75) is 26.9 Å². The van der Waals surface area contributed by atoms with E-state index < -0.39 is 5.97 Å². The van der Waals surface area contributed by atoms with Gasteiger partial charge in [0.25, 0.3) is 5.97 Å². The number of aliphatic hydroxyl groups is 1. The van der Waals surface area contributed by atoms with Gasteiger partial charge in [-0.15, -0.1) is 0 Å². The molecule has 0 aliphatic heterocycles. The Bertz CT molecular complexity index is 59.1. The molecule has 70 valence electrons. The Kier molecular flexibility index (Phi) is 62.3. The topological polar surface area (TPSA) is 118 Å². The molecule has 0 saturated carbocycles. The Labute approximate surface area is 80.9 Å². The fraction of sp³-hybridized carbons (Fsp3) is 0.800. The summed E-state index contributed by atoms with van der Waals surface area (Å²) >= 11 is 0. The summed E-state index contributed by atoms with van der Waals surface area (Å²) in [5.41, 5.74) is 0. The van der Waals surface area contributed by atoms with Gasteiger partial charge in [-0.25, -0.2) is 0 Å². The second-order valence-electron chi connectivity index (χ2n) is 1.61. The molecule has 6 heteroatoms. The molecule has 0 bridgehead atoms. The van der Waals surface area contributed by atoms with E-state index in [-0.39, 0.29) is 38.8 Å². The maximum atomic E-state index is 9.00. The molecule has 4 N–H and O–H groups in total. The van der Waals surface area contributed by atoms with Crippen molar-refractivity contribution in [2.75, 3.05) is 0 Å². The monoisotopic (exact) mass is 202 g/mol. The van der Waals surface area contributed by atoms with Crippen LogP contribution in [0.3, 0.4) is 0 Å². The minimum absolute atomic E-state index is 0. The van der Waals surface area contributed by atoms with E-state index in [1.165, 1.54) is 0 Å². The van der Waals surface area contributed by atoms with Gasteiger partial charge in [0.05, 0.1) is 0 Å². The average Bonchev–Trinajstić information content (AvgIpc) is 1.25. The first kappa shape index (κ1) is 30.5. The van der Waals surface area contributed by atoms with E-state index >= 15 is 0 Å². The molecular weight excluding hydrogens is 188 g/mol. The molecule has 0 rings (SSSR count). The Morgan fingerprint density at radius 2 is 1.27 bits per heavy atom. The molecule has 0 heterocycles. The normalized spacial score (nSPS) is 5.55. The third-order valence-corrected chi connectivity index (χ3v) is 0. The van der Waals surface area contributed by atoms with Crippen molar-refractivity contribution in [3.63, 3.8) is 0 Å². The van der Waals surface area contributed by atoms with Gasteiger partial charge in [0.2, 0.25) is 0 Å². The van der Waals surface area contributed by atoms with Crippen LogP contribution in [0.15, 0.2) is 0 Å². The molecule has 0 spiro atoms. The molecule has 0 amide bonds. The van der Waals surface area contributed by atoms with E-state index in [1.54, 1.807) is 13.8 Å². The molecule has 0 fully saturated rings. The zero-order chi connectivity index (χ0) is 7.15. The van der Waals surface area contributed by atoms with Crippen LogP contribution in [0.1, 0.15) is 20.8 Å². The minimum Gasteiger partial charge on any atom is -0.870 e. The molecule has 0 aliphatic rings. The van der Waals surface area contributed by atoms with Crippen molar-refractivity contribution in [3.8, 4) is 0 Å². The van der Waals surface area contributed by atoms with Crippen LogP contribution in [0.25, 0.3) is 0 Å². The van der Waals surface area contributed by atoms with Gasteiger partial charge in [0.1, 0.15) is 0 Å². The number of hydrogen-bond acceptors (Lipinski definition) is 4. The van der Waals surface area contributed by atoms with Gasteiger partial charge < -0.3 is 21.2 Å². The maximum Gasteiger partial charge on any atom is 0.300 e. The third-order valence-electron chi connectivity index (χ3n) is 0. The molecule has 0 aromatic rings. The summed E-state index contributed by atoms with van der Waals surface area (Å²) in [6.45, 7) is 4.53. The average molecular weight is 202 g/mol. The number of carboxylic acid groups (broad SMARTS) is 1. The maximum absolute atomic E-state index is 9.00. The number of carbonyl (C=O) groups is 1. The van der Waals surface area contributed by atoms with Crippen LogP contribution in [-0.2, 0) is 26.5 Å². The first-order chi connectivity index (χ1) is 3.46. The Hall–Kier alpha value is 0.0643.